The van der Waals surface area contributed by atoms with E-state index in [4.69, 9.17) is 11.6 Å². The van der Waals surface area contributed by atoms with Crippen LogP contribution in [0.1, 0.15) is 22.8 Å². The third-order valence-electron chi connectivity index (χ3n) is 4.01. The number of halogens is 1. The number of carbonyl (C=O) groups is 2. The highest BCUT2D eigenvalue weighted by molar-refractivity contribution is 6.31. The summed E-state index contributed by atoms with van der Waals surface area (Å²) in [5.74, 6) is -0.437. The lowest BCUT2D eigenvalue weighted by Crippen LogP contribution is -2.12. The Hall–Kier alpha value is -3.38. The highest BCUT2D eigenvalue weighted by Gasteiger charge is 2.09. The van der Waals surface area contributed by atoms with E-state index in [-0.39, 0.29) is 11.8 Å². The van der Waals surface area contributed by atoms with Crippen LogP contribution in [-0.4, -0.2) is 16.8 Å². The number of aromatic nitrogens is 1. The third-order valence-corrected chi connectivity index (χ3v) is 4.42. The Balaban J connectivity index is 1.71. The van der Waals surface area contributed by atoms with E-state index in [1.165, 1.54) is 13.1 Å². The van der Waals surface area contributed by atoms with Crippen molar-refractivity contribution in [1.82, 2.24) is 4.98 Å². The van der Waals surface area contributed by atoms with E-state index in [1.54, 1.807) is 36.5 Å². The molecule has 0 fully saturated rings. The van der Waals surface area contributed by atoms with Crippen molar-refractivity contribution in [2.24, 2.45) is 0 Å². The number of hydrogen-bond acceptors (Lipinski definition) is 4. The average molecular weight is 395 g/mol. The van der Waals surface area contributed by atoms with Crippen molar-refractivity contribution >= 4 is 46.2 Å². The first-order valence-electron chi connectivity index (χ1n) is 8.58. The molecule has 1 heterocycles. The fourth-order valence-electron chi connectivity index (χ4n) is 2.57. The first-order chi connectivity index (χ1) is 13.4. The Morgan fingerprint density at radius 2 is 1.61 bits per heavy atom. The largest absolute Gasteiger partial charge is 0.354 e. The van der Waals surface area contributed by atoms with Gasteiger partial charge in [-0.15, -0.1) is 0 Å². The topological polar surface area (TPSA) is 83.1 Å². The van der Waals surface area contributed by atoms with Gasteiger partial charge in [-0.05, 0) is 55.0 Å². The second-order valence-corrected chi connectivity index (χ2v) is 6.62. The predicted octanol–water partition coefficient (Wildman–Crippen LogP) is 5.00. The van der Waals surface area contributed by atoms with Gasteiger partial charge in [0.2, 0.25) is 5.91 Å². The number of nitrogens with zero attached hydrogens (tertiary/aromatic N) is 1. The highest BCUT2D eigenvalue weighted by Crippen LogP contribution is 2.26. The van der Waals surface area contributed by atoms with E-state index in [9.17, 15) is 9.59 Å². The molecule has 0 aliphatic carbocycles. The first kappa shape index (κ1) is 19.4. The van der Waals surface area contributed by atoms with Gasteiger partial charge in [-0.2, -0.15) is 0 Å². The molecule has 0 unspecified atom stereocenters. The monoisotopic (exact) mass is 394 g/mol. The highest BCUT2D eigenvalue weighted by atomic mass is 35.5. The van der Waals surface area contributed by atoms with Crippen molar-refractivity contribution in [3.8, 4) is 0 Å². The average Bonchev–Trinajstić information content (AvgIpc) is 2.67. The number of benzene rings is 2. The lowest BCUT2D eigenvalue weighted by atomic mass is 10.2. The predicted molar refractivity (Wildman–Crippen MR) is 112 cm³/mol. The van der Waals surface area contributed by atoms with Gasteiger partial charge in [-0.25, -0.2) is 0 Å². The van der Waals surface area contributed by atoms with E-state index in [0.717, 1.165) is 11.3 Å². The summed E-state index contributed by atoms with van der Waals surface area (Å²) in [4.78, 5) is 27.7. The Bertz CT molecular complexity index is 1020. The van der Waals surface area contributed by atoms with E-state index in [1.807, 2.05) is 25.1 Å². The minimum absolute atomic E-state index is 0.151. The lowest BCUT2D eigenvalue weighted by Gasteiger charge is -2.11. The van der Waals surface area contributed by atoms with E-state index >= 15 is 0 Å². The number of carbonyl (C=O) groups excluding carboxylic acids is 2. The van der Waals surface area contributed by atoms with Crippen molar-refractivity contribution in [1.29, 1.82) is 0 Å². The summed E-state index contributed by atoms with van der Waals surface area (Å²) >= 11 is 6.15. The molecule has 0 saturated heterocycles. The molecule has 6 nitrogen and oxygen atoms in total. The number of nitrogens with one attached hydrogen (secondary N) is 3. The zero-order valence-electron chi connectivity index (χ0n) is 15.4. The summed E-state index contributed by atoms with van der Waals surface area (Å²) in [6.45, 7) is 3.36. The van der Waals surface area contributed by atoms with Crippen LogP contribution in [0.4, 0.5) is 22.7 Å². The van der Waals surface area contributed by atoms with Crippen molar-refractivity contribution in [2.45, 2.75) is 13.8 Å². The van der Waals surface area contributed by atoms with Crippen LogP contribution in [0.3, 0.4) is 0 Å². The minimum Gasteiger partial charge on any atom is -0.354 e. The van der Waals surface area contributed by atoms with Crippen molar-refractivity contribution in [2.75, 3.05) is 16.0 Å². The summed E-state index contributed by atoms with van der Waals surface area (Å²) in [5, 5.41) is 9.38. The van der Waals surface area contributed by atoms with E-state index in [2.05, 4.69) is 20.9 Å². The van der Waals surface area contributed by atoms with Crippen LogP contribution >= 0.6 is 11.6 Å². The molecule has 0 atom stereocenters. The Labute approximate surface area is 168 Å². The summed E-state index contributed by atoms with van der Waals surface area (Å²) in [6.07, 6.45) is 3.14. The van der Waals surface area contributed by atoms with Gasteiger partial charge in [0.25, 0.3) is 5.91 Å². The van der Waals surface area contributed by atoms with Gasteiger partial charge in [-0.3, -0.25) is 14.6 Å². The molecule has 7 heteroatoms. The molecule has 3 aromatic rings. The molecule has 1 aromatic heterocycles. The minimum atomic E-state index is -0.286. The molecule has 28 heavy (non-hydrogen) atoms. The van der Waals surface area contributed by atoms with Crippen LogP contribution < -0.4 is 16.0 Å². The van der Waals surface area contributed by atoms with Gasteiger partial charge in [-0.1, -0.05) is 17.7 Å². The van der Waals surface area contributed by atoms with Gasteiger partial charge >= 0.3 is 0 Å². The van der Waals surface area contributed by atoms with Crippen LogP contribution in [0.2, 0.25) is 5.02 Å². The fraction of sp³-hybridized carbons (Fsp3) is 0.0952. The molecule has 2 aromatic carbocycles. The Morgan fingerprint density at radius 3 is 2.29 bits per heavy atom. The van der Waals surface area contributed by atoms with Crippen LogP contribution in [0.25, 0.3) is 0 Å². The molecule has 0 aliphatic heterocycles. The normalized spacial score (nSPS) is 10.2. The molecular formula is C21H19ClN4O2. The maximum absolute atomic E-state index is 12.5. The van der Waals surface area contributed by atoms with Crippen molar-refractivity contribution < 1.29 is 9.59 Å². The number of pyridine rings is 1. The van der Waals surface area contributed by atoms with Crippen molar-refractivity contribution in [3.05, 3.63) is 77.1 Å². The van der Waals surface area contributed by atoms with E-state index < -0.39 is 0 Å². The lowest BCUT2D eigenvalue weighted by molar-refractivity contribution is -0.114. The van der Waals surface area contributed by atoms with Crippen molar-refractivity contribution in [3.63, 3.8) is 0 Å². The number of amides is 2. The smallest absolute Gasteiger partial charge is 0.257 e. The number of hydrogen-bond donors (Lipinski definition) is 3. The fourth-order valence-corrected chi connectivity index (χ4v) is 2.75. The zero-order chi connectivity index (χ0) is 20.1. The van der Waals surface area contributed by atoms with Gasteiger partial charge < -0.3 is 16.0 Å². The molecule has 3 N–H and O–H groups in total. The Kier molecular flexibility index (Phi) is 5.91. The number of rotatable bonds is 5. The van der Waals surface area contributed by atoms with Crippen LogP contribution in [-0.2, 0) is 4.79 Å². The molecule has 0 spiro atoms. The van der Waals surface area contributed by atoms with Crippen LogP contribution in [0.15, 0.2) is 60.9 Å². The molecule has 0 bridgehead atoms. The van der Waals surface area contributed by atoms with Gasteiger partial charge in [0.05, 0.1) is 17.4 Å². The summed E-state index contributed by atoms with van der Waals surface area (Å²) < 4.78 is 0. The SMILES string of the molecule is CC(=O)Nc1ccc(NC(=O)c2cncc(Nc3cccc(Cl)c3C)c2)cc1. The second kappa shape index (κ2) is 8.54. The van der Waals surface area contributed by atoms with Gasteiger partial charge in [0.1, 0.15) is 0 Å². The standard InChI is InChI=1S/C21H19ClN4O2/c1-13-19(22)4-3-5-20(13)25-18-10-15(11-23-12-18)21(28)26-17-8-6-16(7-9-17)24-14(2)27/h3-12,25H,1-2H3,(H,24,27)(H,26,28). The maximum atomic E-state index is 12.5. The summed E-state index contributed by atoms with van der Waals surface area (Å²) in [6, 6.07) is 14.2. The van der Waals surface area contributed by atoms with Gasteiger partial charge in [0, 0.05) is 35.2 Å². The molecule has 3 rings (SSSR count). The molecule has 0 aliphatic rings. The first-order valence-corrected chi connectivity index (χ1v) is 8.96. The molecular weight excluding hydrogens is 376 g/mol. The Morgan fingerprint density at radius 1 is 0.929 bits per heavy atom. The van der Waals surface area contributed by atoms with Crippen LogP contribution in [0, 0.1) is 6.92 Å². The maximum Gasteiger partial charge on any atom is 0.257 e. The summed E-state index contributed by atoms with van der Waals surface area (Å²) in [5.41, 5.74) is 4.13. The second-order valence-electron chi connectivity index (χ2n) is 6.21. The van der Waals surface area contributed by atoms with Crippen LogP contribution in [0.5, 0.6) is 0 Å². The van der Waals surface area contributed by atoms with E-state index in [0.29, 0.717) is 27.6 Å². The number of anilines is 4. The summed E-state index contributed by atoms with van der Waals surface area (Å²) in [7, 11) is 0. The molecule has 2 amide bonds. The molecule has 0 saturated carbocycles. The third kappa shape index (κ3) is 4.86. The van der Waals surface area contributed by atoms with Gasteiger partial charge in [0.15, 0.2) is 0 Å². The zero-order valence-corrected chi connectivity index (χ0v) is 16.2. The molecule has 142 valence electrons. The molecule has 0 radical (unpaired) electrons. The quantitative estimate of drug-likeness (QED) is 0.568.